The van der Waals surface area contributed by atoms with E-state index in [-0.39, 0.29) is 17.6 Å². The molecule has 1 aliphatic rings. The topological polar surface area (TPSA) is 88.6 Å². The van der Waals surface area contributed by atoms with Crippen molar-refractivity contribution in [3.8, 4) is 0 Å². The molecule has 0 saturated carbocycles. The van der Waals surface area contributed by atoms with E-state index in [1.54, 1.807) is 11.3 Å². The molecular formula is C16H18FN3O3S. The number of alkyl halides is 1. The molecule has 2 amide bonds. The summed E-state index contributed by atoms with van der Waals surface area (Å²) in [5.74, 6) is -1.22. The Labute approximate surface area is 142 Å². The highest BCUT2D eigenvalue weighted by atomic mass is 32.1. The van der Waals surface area contributed by atoms with Crippen LogP contribution < -0.4 is 11.1 Å². The van der Waals surface area contributed by atoms with E-state index in [2.05, 4.69) is 5.32 Å². The van der Waals surface area contributed by atoms with Gasteiger partial charge in [-0.1, -0.05) is 6.07 Å². The lowest BCUT2D eigenvalue weighted by atomic mass is 10.2. The van der Waals surface area contributed by atoms with Crippen LogP contribution in [0.3, 0.4) is 0 Å². The number of rotatable bonds is 6. The number of thiophene rings is 1. The van der Waals surface area contributed by atoms with Gasteiger partial charge in [-0.15, -0.1) is 11.3 Å². The Kier molecular flexibility index (Phi) is 4.96. The number of nitrogens with two attached hydrogens (primary N) is 1. The molecule has 2 aromatic rings. The van der Waals surface area contributed by atoms with E-state index in [4.69, 9.17) is 10.2 Å². The molecule has 1 fully saturated rings. The Hall–Kier alpha value is -2.19. The van der Waals surface area contributed by atoms with Crippen molar-refractivity contribution >= 4 is 23.2 Å². The van der Waals surface area contributed by atoms with Gasteiger partial charge in [-0.05, 0) is 30.0 Å². The second-order valence-corrected chi connectivity index (χ2v) is 6.77. The van der Waals surface area contributed by atoms with Gasteiger partial charge < -0.3 is 15.5 Å². The molecule has 0 aromatic carbocycles. The predicted molar refractivity (Wildman–Crippen MR) is 87.6 cm³/mol. The largest absolute Gasteiger partial charge is 0.446 e. The third kappa shape index (κ3) is 3.82. The maximum absolute atomic E-state index is 13.8. The number of hydrogen-bond donors (Lipinski definition) is 2. The van der Waals surface area contributed by atoms with Crippen LogP contribution in [0, 0.1) is 0 Å². The molecular weight excluding hydrogens is 333 g/mol. The monoisotopic (exact) mass is 351 g/mol. The van der Waals surface area contributed by atoms with E-state index in [1.165, 1.54) is 12.1 Å². The molecule has 2 atom stereocenters. The van der Waals surface area contributed by atoms with Crippen LogP contribution >= 0.6 is 11.3 Å². The zero-order valence-corrected chi connectivity index (χ0v) is 13.7. The molecule has 0 aliphatic carbocycles. The zero-order valence-electron chi connectivity index (χ0n) is 12.9. The number of primary amides is 1. The van der Waals surface area contributed by atoms with Crippen molar-refractivity contribution in [1.82, 2.24) is 10.2 Å². The molecule has 1 saturated heterocycles. The van der Waals surface area contributed by atoms with E-state index >= 15 is 0 Å². The third-order valence-electron chi connectivity index (χ3n) is 3.99. The van der Waals surface area contributed by atoms with Gasteiger partial charge in [-0.3, -0.25) is 14.5 Å². The Morgan fingerprint density at radius 1 is 1.38 bits per heavy atom. The maximum Gasteiger partial charge on any atom is 0.287 e. The summed E-state index contributed by atoms with van der Waals surface area (Å²) in [6.07, 6.45) is -0.506. The first-order valence-corrected chi connectivity index (χ1v) is 8.49. The fourth-order valence-electron chi connectivity index (χ4n) is 2.82. The summed E-state index contributed by atoms with van der Waals surface area (Å²) < 4.78 is 18.9. The van der Waals surface area contributed by atoms with E-state index < -0.39 is 18.0 Å². The summed E-state index contributed by atoms with van der Waals surface area (Å²) >= 11 is 1.63. The molecule has 3 heterocycles. The number of carbonyl (C=O) groups excluding carboxylic acids is 2. The Morgan fingerprint density at radius 2 is 2.17 bits per heavy atom. The molecule has 128 valence electrons. The first kappa shape index (κ1) is 16.7. The van der Waals surface area contributed by atoms with Crippen molar-refractivity contribution in [1.29, 1.82) is 0 Å². The Balaban J connectivity index is 1.57. The van der Waals surface area contributed by atoms with Crippen molar-refractivity contribution in [2.75, 3.05) is 13.1 Å². The first-order valence-electron chi connectivity index (χ1n) is 7.61. The molecule has 2 aromatic heterocycles. The summed E-state index contributed by atoms with van der Waals surface area (Å²) in [5.41, 5.74) is 5.09. The number of likely N-dealkylation sites (tertiary alicyclic amines) is 1. The van der Waals surface area contributed by atoms with Gasteiger partial charge in [0.2, 0.25) is 0 Å². The van der Waals surface area contributed by atoms with Crippen LogP contribution in [0.15, 0.2) is 34.1 Å². The Bertz CT molecular complexity index is 716. The predicted octanol–water partition coefficient (Wildman–Crippen LogP) is 1.78. The number of amides is 2. The van der Waals surface area contributed by atoms with E-state index in [9.17, 15) is 14.0 Å². The second kappa shape index (κ2) is 7.14. The molecule has 8 heteroatoms. The van der Waals surface area contributed by atoms with Crippen molar-refractivity contribution < 1.29 is 18.4 Å². The fraction of sp³-hybridized carbons (Fsp3) is 0.375. The average Bonchev–Trinajstić information content (AvgIpc) is 3.26. The van der Waals surface area contributed by atoms with E-state index in [0.717, 1.165) is 4.88 Å². The number of carbonyl (C=O) groups is 2. The fourth-order valence-corrected chi connectivity index (χ4v) is 3.55. The summed E-state index contributed by atoms with van der Waals surface area (Å²) in [7, 11) is 0. The minimum Gasteiger partial charge on any atom is -0.446 e. The quantitative estimate of drug-likeness (QED) is 0.830. The van der Waals surface area contributed by atoms with Crippen LogP contribution in [0.25, 0.3) is 0 Å². The number of halogens is 1. The standard InChI is InChI=1S/C16H18FN3O3S/c17-10-6-11(20(8-10)9-12-2-1-5-24-12)7-19-16(22)14-4-3-13(23-14)15(18)21/h1-5,10-11H,6-9H2,(H2,18,21)(H,19,22)/t10-,11-/m0/s1. The molecule has 6 nitrogen and oxygen atoms in total. The van der Waals surface area contributed by atoms with Gasteiger partial charge >= 0.3 is 0 Å². The average molecular weight is 351 g/mol. The van der Waals surface area contributed by atoms with Crippen molar-refractivity contribution in [3.05, 3.63) is 46.0 Å². The molecule has 3 N–H and O–H groups in total. The van der Waals surface area contributed by atoms with E-state index in [1.807, 2.05) is 22.4 Å². The van der Waals surface area contributed by atoms with Gasteiger partial charge in [0.15, 0.2) is 11.5 Å². The van der Waals surface area contributed by atoms with Crippen LogP contribution in [0.2, 0.25) is 0 Å². The summed E-state index contributed by atoms with van der Waals surface area (Å²) in [6, 6.07) is 6.66. The van der Waals surface area contributed by atoms with Gasteiger partial charge in [0.1, 0.15) is 6.17 Å². The minimum absolute atomic E-state index is 0.0170. The molecule has 0 radical (unpaired) electrons. The third-order valence-corrected chi connectivity index (χ3v) is 4.85. The smallest absolute Gasteiger partial charge is 0.287 e. The van der Waals surface area contributed by atoms with Crippen LogP contribution in [0.1, 0.15) is 32.4 Å². The SMILES string of the molecule is NC(=O)c1ccc(C(=O)NC[C@@H]2C[C@H](F)CN2Cc2cccs2)o1. The molecule has 24 heavy (non-hydrogen) atoms. The summed E-state index contributed by atoms with van der Waals surface area (Å²) in [4.78, 5) is 26.3. The first-order chi connectivity index (χ1) is 11.5. The van der Waals surface area contributed by atoms with Crippen LogP contribution in [-0.4, -0.2) is 42.0 Å². The summed E-state index contributed by atoms with van der Waals surface area (Å²) in [5, 5.41) is 4.72. The second-order valence-electron chi connectivity index (χ2n) is 5.73. The number of hydrogen-bond acceptors (Lipinski definition) is 5. The molecule has 0 bridgehead atoms. The molecule has 0 unspecified atom stereocenters. The van der Waals surface area contributed by atoms with Crippen molar-refractivity contribution in [2.24, 2.45) is 5.73 Å². The van der Waals surface area contributed by atoms with E-state index in [0.29, 0.717) is 26.1 Å². The van der Waals surface area contributed by atoms with Crippen molar-refractivity contribution in [2.45, 2.75) is 25.2 Å². The zero-order chi connectivity index (χ0) is 17.1. The van der Waals surface area contributed by atoms with Crippen LogP contribution in [0.5, 0.6) is 0 Å². The molecule has 3 rings (SSSR count). The van der Waals surface area contributed by atoms with Gasteiger partial charge in [0, 0.05) is 30.6 Å². The lowest BCUT2D eigenvalue weighted by Crippen LogP contribution is -2.39. The van der Waals surface area contributed by atoms with Gasteiger partial charge in [0.05, 0.1) is 0 Å². The number of nitrogens with one attached hydrogen (secondary N) is 1. The summed E-state index contributed by atoms with van der Waals surface area (Å²) in [6.45, 7) is 1.35. The van der Waals surface area contributed by atoms with Crippen LogP contribution in [0.4, 0.5) is 4.39 Å². The highest BCUT2D eigenvalue weighted by molar-refractivity contribution is 7.09. The number of nitrogens with zero attached hydrogens (tertiary/aromatic N) is 1. The highest BCUT2D eigenvalue weighted by Crippen LogP contribution is 2.24. The minimum atomic E-state index is -0.892. The van der Waals surface area contributed by atoms with Gasteiger partial charge in [0.25, 0.3) is 11.8 Å². The number of furan rings is 1. The highest BCUT2D eigenvalue weighted by Gasteiger charge is 2.32. The lowest BCUT2D eigenvalue weighted by Gasteiger charge is -2.23. The van der Waals surface area contributed by atoms with Crippen LogP contribution in [-0.2, 0) is 6.54 Å². The van der Waals surface area contributed by atoms with Gasteiger partial charge in [-0.2, -0.15) is 0 Å². The maximum atomic E-state index is 13.8. The lowest BCUT2D eigenvalue weighted by molar-refractivity contribution is 0.0904. The normalized spacial score (nSPS) is 21.0. The van der Waals surface area contributed by atoms with Crippen molar-refractivity contribution in [3.63, 3.8) is 0 Å². The molecule has 1 aliphatic heterocycles. The molecule has 0 spiro atoms. The van der Waals surface area contributed by atoms with Gasteiger partial charge in [-0.25, -0.2) is 4.39 Å². The Morgan fingerprint density at radius 3 is 2.83 bits per heavy atom.